The molecule has 0 aliphatic heterocycles. The Balaban J connectivity index is 2.12. The van der Waals surface area contributed by atoms with E-state index in [-0.39, 0.29) is 5.41 Å². The number of rotatable bonds is 5. The van der Waals surface area contributed by atoms with E-state index in [0.717, 1.165) is 30.0 Å². The van der Waals surface area contributed by atoms with E-state index >= 15 is 0 Å². The molecule has 19 heavy (non-hydrogen) atoms. The van der Waals surface area contributed by atoms with Gasteiger partial charge < -0.3 is 0 Å². The third kappa shape index (κ3) is 3.25. The average molecular weight is 279 g/mol. The van der Waals surface area contributed by atoms with Gasteiger partial charge >= 0.3 is 0 Å². The molecule has 1 fully saturated rings. The average Bonchev–Trinajstić information content (AvgIpc) is 2.87. The zero-order chi connectivity index (χ0) is 14.0. The molecule has 0 N–H and O–H groups in total. The second-order valence-corrected chi connectivity index (χ2v) is 7.72. The number of aryl methyl sites for hydroxylation is 2. The molecule has 0 bridgehead atoms. The van der Waals surface area contributed by atoms with Crippen LogP contribution in [0.3, 0.4) is 0 Å². The van der Waals surface area contributed by atoms with Crippen molar-refractivity contribution in [1.29, 1.82) is 0 Å². The summed E-state index contributed by atoms with van der Waals surface area (Å²) in [5, 5.41) is 1.01. The van der Waals surface area contributed by atoms with E-state index in [1.807, 2.05) is 6.92 Å². The molecule has 0 unspecified atom stereocenters. The molecule has 0 spiro atoms. The van der Waals surface area contributed by atoms with Crippen LogP contribution in [-0.4, -0.2) is 10.8 Å². The van der Waals surface area contributed by atoms with Gasteiger partial charge in [-0.15, -0.1) is 11.3 Å². The standard InChI is InChI=1S/C16H25NOS/c1-11(2)10-16(7-5-6-8-16)14(18)9-15-17-12(3)13(4)19-15/h11H,5-10H2,1-4H3. The van der Waals surface area contributed by atoms with Crippen molar-refractivity contribution in [2.45, 2.75) is 66.2 Å². The molecule has 1 aliphatic carbocycles. The first-order valence-electron chi connectivity index (χ1n) is 7.39. The summed E-state index contributed by atoms with van der Waals surface area (Å²) in [5.74, 6) is 1.04. The summed E-state index contributed by atoms with van der Waals surface area (Å²) in [6, 6.07) is 0. The number of carbonyl (C=O) groups excluding carboxylic acids is 1. The van der Waals surface area contributed by atoms with E-state index in [1.54, 1.807) is 11.3 Å². The van der Waals surface area contributed by atoms with E-state index in [0.29, 0.717) is 18.1 Å². The second-order valence-electron chi connectivity index (χ2n) is 6.43. The highest BCUT2D eigenvalue weighted by molar-refractivity contribution is 7.11. The number of carbonyl (C=O) groups is 1. The van der Waals surface area contributed by atoms with E-state index < -0.39 is 0 Å². The number of thiazole rings is 1. The fourth-order valence-corrected chi connectivity index (χ4v) is 4.30. The maximum Gasteiger partial charge on any atom is 0.145 e. The highest BCUT2D eigenvalue weighted by atomic mass is 32.1. The van der Waals surface area contributed by atoms with Crippen LogP contribution in [0.25, 0.3) is 0 Å². The van der Waals surface area contributed by atoms with Gasteiger partial charge in [-0.1, -0.05) is 26.7 Å². The Labute approximate surface area is 120 Å². The first-order valence-corrected chi connectivity index (χ1v) is 8.21. The van der Waals surface area contributed by atoms with Crippen molar-refractivity contribution in [2.75, 3.05) is 0 Å². The van der Waals surface area contributed by atoms with Gasteiger partial charge in [0.1, 0.15) is 10.8 Å². The summed E-state index contributed by atoms with van der Waals surface area (Å²) >= 11 is 1.69. The molecule has 0 radical (unpaired) electrons. The Morgan fingerprint density at radius 3 is 2.42 bits per heavy atom. The molecule has 1 aromatic rings. The van der Waals surface area contributed by atoms with Crippen molar-refractivity contribution < 1.29 is 4.79 Å². The molecular formula is C16H25NOS. The smallest absolute Gasteiger partial charge is 0.145 e. The fourth-order valence-electron chi connectivity index (χ4n) is 3.37. The van der Waals surface area contributed by atoms with Crippen LogP contribution in [0.15, 0.2) is 0 Å². The van der Waals surface area contributed by atoms with Gasteiger partial charge in [-0.05, 0) is 39.0 Å². The van der Waals surface area contributed by atoms with Crippen molar-refractivity contribution in [3.63, 3.8) is 0 Å². The van der Waals surface area contributed by atoms with E-state index in [9.17, 15) is 4.79 Å². The van der Waals surface area contributed by atoms with Crippen LogP contribution < -0.4 is 0 Å². The molecule has 2 nitrogen and oxygen atoms in total. The Hall–Kier alpha value is -0.700. The lowest BCUT2D eigenvalue weighted by Crippen LogP contribution is -2.31. The highest BCUT2D eigenvalue weighted by Crippen LogP contribution is 2.44. The van der Waals surface area contributed by atoms with Crippen LogP contribution in [0.5, 0.6) is 0 Å². The van der Waals surface area contributed by atoms with Crippen LogP contribution in [0.4, 0.5) is 0 Å². The topological polar surface area (TPSA) is 30.0 Å². The van der Waals surface area contributed by atoms with Gasteiger partial charge in [0, 0.05) is 10.3 Å². The first-order chi connectivity index (χ1) is 8.93. The van der Waals surface area contributed by atoms with Crippen molar-refractivity contribution in [1.82, 2.24) is 4.98 Å². The summed E-state index contributed by atoms with van der Waals surface area (Å²) in [5.41, 5.74) is 1.04. The minimum atomic E-state index is -0.0400. The van der Waals surface area contributed by atoms with Crippen LogP contribution in [0.2, 0.25) is 0 Å². The lowest BCUT2D eigenvalue weighted by Gasteiger charge is -2.29. The molecule has 106 valence electrons. The summed E-state index contributed by atoms with van der Waals surface area (Å²) in [6.07, 6.45) is 6.21. The molecule has 1 heterocycles. The van der Waals surface area contributed by atoms with Gasteiger partial charge in [-0.3, -0.25) is 4.79 Å². The molecule has 1 saturated carbocycles. The van der Waals surface area contributed by atoms with Crippen LogP contribution >= 0.6 is 11.3 Å². The number of aromatic nitrogens is 1. The summed E-state index contributed by atoms with van der Waals surface area (Å²) in [7, 11) is 0. The predicted molar refractivity (Wildman–Crippen MR) is 80.7 cm³/mol. The third-order valence-electron chi connectivity index (χ3n) is 4.34. The number of hydrogen-bond acceptors (Lipinski definition) is 3. The minimum absolute atomic E-state index is 0.0400. The summed E-state index contributed by atoms with van der Waals surface area (Å²) < 4.78 is 0. The lowest BCUT2D eigenvalue weighted by molar-refractivity contribution is -0.128. The number of hydrogen-bond donors (Lipinski definition) is 0. The molecular weight excluding hydrogens is 254 g/mol. The normalized spacial score (nSPS) is 18.2. The number of ketones is 1. The van der Waals surface area contributed by atoms with E-state index in [2.05, 4.69) is 25.8 Å². The van der Waals surface area contributed by atoms with Gasteiger partial charge in [0.15, 0.2) is 0 Å². The van der Waals surface area contributed by atoms with Gasteiger partial charge in [-0.2, -0.15) is 0 Å². The minimum Gasteiger partial charge on any atom is -0.299 e. The van der Waals surface area contributed by atoms with Crippen molar-refractivity contribution in [2.24, 2.45) is 11.3 Å². The number of Topliss-reactive ketones (excluding diaryl/α,β-unsaturated/α-hetero) is 1. The van der Waals surface area contributed by atoms with Crippen LogP contribution in [0.1, 0.15) is 61.5 Å². The van der Waals surface area contributed by atoms with Crippen LogP contribution in [0, 0.1) is 25.2 Å². The molecule has 0 amide bonds. The Kier molecular flexibility index (Phi) is 4.44. The third-order valence-corrected chi connectivity index (χ3v) is 5.41. The molecule has 0 aromatic carbocycles. The molecule has 1 aliphatic rings. The van der Waals surface area contributed by atoms with Crippen molar-refractivity contribution in [3.8, 4) is 0 Å². The zero-order valence-corrected chi connectivity index (χ0v) is 13.4. The maximum atomic E-state index is 12.8. The highest BCUT2D eigenvalue weighted by Gasteiger charge is 2.40. The van der Waals surface area contributed by atoms with Crippen molar-refractivity contribution in [3.05, 3.63) is 15.6 Å². The van der Waals surface area contributed by atoms with Crippen LogP contribution in [-0.2, 0) is 11.2 Å². The summed E-state index contributed by atoms with van der Waals surface area (Å²) in [6.45, 7) is 8.57. The molecule has 1 aromatic heterocycles. The van der Waals surface area contributed by atoms with Crippen molar-refractivity contribution >= 4 is 17.1 Å². The lowest BCUT2D eigenvalue weighted by atomic mass is 9.74. The maximum absolute atomic E-state index is 12.8. The zero-order valence-electron chi connectivity index (χ0n) is 12.6. The van der Waals surface area contributed by atoms with Gasteiger partial charge in [0.25, 0.3) is 0 Å². The molecule has 2 rings (SSSR count). The fraction of sp³-hybridized carbons (Fsp3) is 0.750. The monoisotopic (exact) mass is 279 g/mol. The largest absolute Gasteiger partial charge is 0.299 e. The van der Waals surface area contributed by atoms with Gasteiger partial charge in [0.2, 0.25) is 0 Å². The second kappa shape index (κ2) is 5.74. The first kappa shape index (κ1) is 14.7. The molecule has 3 heteroatoms. The Bertz CT molecular complexity index is 436. The molecule has 0 saturated heterocycles. The predicted octanol–water partition coefficient (Wildman–Crippen LogP) is 4.48. The van der Waals surface area contributed by atoms with E-state index in [4.69, 9.17) is 0 Å². The van der Waals surface area contributed by atoms with Gasteiger partial charge in [0.05, 0.1) is 12.1 Å². The van der Waals surface area contributed by atoms with E-state index in [1.165, 1.54) is 17.7 Å². The SMILES string of the molecule is Cc1nc(CC(=O)C2(CC(C)C)CCCC2)sc1C. The summed E-state index contributed by atoms with van der Waals surface area (Å²) in [4.78, 5) is 18.5. The molecule has 0 atom stereocenters. The Morgan fingerprint density at radius 2 is 1.95 bits per heavy atom. The quantitative estimate of drug-likeness (QED) is 0.795. The Morgan fingerprint density at radius 1 is 1.32 bits per heavy atom. The number of nitrogens with zero attached hydrogens (tertiary/aromatic N) is 1. The van der Waals surface area contributed by atoms with Gasteiger partial charge in [-0.25, -0.2) is 4.98 Å².